The number of amides is 1. The number of ether oxygens (including phenoxy) is 1. The van der Waals surface area contributed by atoms with Gasteiger partial charge >= 0.3 is 0 Å². The molecule has 2 aromatic carbocycles. The van der Waals surface area contributed by atoms with Gasteiger partial charge in [0.05, 0.1) is 16.9 Å². The predicted octanol–water partition coefficient (Wildman–Crippen LogP) is 4.76. The average molecular weight is 541 g/mol. The Kier molecular flexibility index (Phi) is 7.71. The molecular weight excluding hydrogens is 514 g/mol. The lowest BCUT2D eigenvalue weighted by molar-refractivity contribution is -0.122. The van der Waals surface area contributed by atoms with E-state index in [9.17, 15) is 13.6 Å². The number of piperidine rings is 1. The van der Waals surface area contributed by atoms with Gasteiger partial charge in [0, 0.05) is 49.9 Å². The van der Waals surface area contributed by atoms with Crippen molar-refractivity contribution in [1.29, 1.82) is 0 Å². The molecule has 3 heterocycles. The standard InChI is InChI=1S/C27H27ClF2N6O2/c1-31-23(37)15-38-20-6-3-16(4-7-20)26-34-25-24(21(28)13-32-27(25)35-26)33-19-8-10-36(11-9-19)14-17-2-5-18(29)12-22(17)30/h2-7,12-13,19H,8-11,14-15H2,1H3,(H,31,37)(H2,32,33,34,35). The van der Waals surface area contributed by atoms with Crippen LogP contribution in [0.5, 0.6) is 5.75 Å². The van der Waals surface area contributed by atoms with E-state index >= 15 is 0 Å². The van der Waals surface area contributed by atoms with Crippen molar-refractivity contribution >= 4 is 34.4 Å². The third-order valence-corrected chi connectivity index (χ3v) is 6.88. The molecule has 3 N–H and O–H groups in total. The number of H-pyrrole nitrogens is 1. The summed E-state index contributed by atoms with van der Waals surface area (Å²) in [7, 11) is 1.56. The maximum absolute atomic E-state index is 14.1. The molecule has 1 aliphatic rings. The molecule has 4 aromatic rings. The van der Waals surface area contributed by atoms with Crippen LogP contribution in [0, 0.1) is 11.6 Å². The van der Waals surface area contributed by atoms with Crippen molar-refractivity contribution in [3.63, 3.8) is 0 Å². The number of likely N-dealkylation sites (tertiary alicyclic amines) is 1. The first kappa shape index (κ1) is 25.9. The van der Waals surface area contributed by atoms with E-state index in [4.69, 9.17) is 21.3 Å². The Hall–Kier alpha value is -3.76. The van der Waals surface area contributed by atoms with Gasteiger partial charge in [-0.3, -0.25) is 9.69 Å². The number of likely N-dealkylation sites (N-methyl/N-ethyl adjacent to an activating group) is 1. The maximum Gasteiger partial charge on any atom is 0.257 e. The summed E-state index contributed by atoms with van der Waals surface area (Å²) in [4.78, 5) is 25.9. The topological polar surface area (TPSA) is 95.2 Å². The van der Waals surface area contributed by atoms with Crippen LogP contribution < -0.4 is 15.4 Å². The van der Waals surface area contributed by atoms with Crippen LogP contribution in [0.2, 0.25) is 5.02 Å². The summed E-state index contributed by atoms with van der Waals surface area (Å²) in [5.41, 5.74) is 3.29. The number of hydrogen-bond acceptors (Lipinski definition) is 6. The predicted molar refractivity (Wildman–Crippen MR) is 142 cm³/mol. The normalized spacial score (nSPS) is 14.5. The molecule has 1 aliphatic heterocycles. The van der Waals surface area contributed by atoms with Gasteiger partial charge in [-0.05, 0) is 43.2 Å². The first-order chi connectivity index (χ1) is 18.4. The van der Waals surface area contributed by atoms with Crippen molar-refractivity contribution < 1.29 is 18.3 Å². The molecule has 0 unspecified atom stereocenters. The molecule has 8 nitrogen and oxygen atoms in total. The first-order valence-corrected chi connectivity index (χ1v) is 12.7. The number of fused-ring (bicyclic) bond motifs is 1. The lowest BCUT2D eigenvalue weighted by Gasteiger charge is -2.33. The number of imidazole rings is 1. The highest BCUT2D eigenvalue weighted by Gasteiger charge is 2.23. The van der Waals surface area contributed by atoms with Crippen LogP contribution in [0.1, 0.15) is 18.4 Å². The number of nitrogens with one attached hydrogen (secondary N) is 3. The maximum atomic E-state index is 14.1. The monoisotopic (exact) mass is 540 g/mol. The van der Waals surface area contributed by atoms with Gasteiger partial charge in [0.25, 0.3) is 5.91 Å². The van der Waals surface area contributed by atoms with Crippen molar-refractivity contribution in [2.45, 2.75) is 25.4 Å². The molecule has 2 aromatic heterocycles. The number of hydrogen-bond donors (Lipinski definition) is 3. The van der Waals surface area contributed by atoms with E-state index in [0.717, 1.165) is 37.6 Å². The second-order valence-electron chi connectivity index (χ2n) is 9.18. The number of halogens is 3. The molecule has 1 fully saturated rings. The molecule has 0 radical (unpaired) electrons. The van der Waals surface area contributed by atoms with Crippen LogP contribution in [-0.4, -0.2) is 58.5 Å². The Morgan fingerprint density at radius 1 is 1.18 bits per heavy atom. The number of benzene rings is 2. The largest absolute Gasteiger partial charge is 0.484 e. The van der Waals surface area contributed by atoms with Crippen LogP contribution in [0.3, 0.4) is 0 Å². The van der Waals surface area contributed by atoms with E-state index in [2.05, 4.69) is 25.5 Å². The van der Waals surface area contributed by atoms with Crippen LogP contribution in [0.4, 0.5) is 14.5 Å². The molecule has 38 heavy (non-hydrogen) atoms. The van der Waals surface area contributed by atoms with Gasteiger partial charge in [-0.15, -0.1) is 0 Å². The minimum atomic E-state index is -0.569. The van der Waals surface area contributed by atoms with E-state index in [1.807, 2.05) is 12.1 Å². The van der Waals surface area contributed by atoms with Crippen LogP contribution >= 0.6 is 11.6 Å². The molecule has 1 saturated heterocycles. The van der Waals surface area contributed by atoms with Crippen molar-refractivity contribution in [2.24, 2.45) is 0 Å². The number of anilines is 1. The number of aromatic amines is 1. The Morgan fingerprint density at radius 3 is 2.66 bits per heavy atom. The summed E-state index contributed by atoms with van der Waals surface area (Å²) < 4.78 is 32.7. The lowest BCUT2D eigenvalue weighted by atomic mass is 10.0. The van der Waals surface area contributed by atoms with Gasteiger partial charge in [-0.1, -0.05) is 17.7 Å². The number of carbonyl (C=O) groups excluding carboxylic acids is 1. The molecule has 5 rings (SSSR count). The minimum Gasteiger partial charge on any atom is -0.484 e. The molecule has 0 bridgehead atoms. The molecule has 11 heteroatoms. The summed E-state index contributed by atoms with van der Waals surface area (Å²) in [6, 6.07) is 11.1. The number of pyridine rings is 1. The van der Waals surface area contributed by atoms with E-state index in [1.165, 1.54) is 12.1 Å². The third kappa shape index (κ3) is 5.87. The fourth-order valence-electron chi connectivity index (χ4n) is 4.47. The molecule has 0 aliphatic carbocycles. The Morgan fingerprint density at radius 2 is 1.95 bits per heavy atom. The number of nitrogens with zero attached hydrogens (tertiary/aromatic N) is 3. The molecular formula is C27H27ClF2N6O2. The van der Waals surface area contributed by atoms with E-state index in [1.54, 1.807) is 25.4 Å². The lowest BCUT2D eigenvalue weighted by Crippen LogP contribution is -2.38. The van der Waals surface area contributed by atoms with Crippen LogP contribution in [0.25, 0.3) is 22.6 Å². The Bertz CT molecular complexity index is 1440. The summed E-state index contributed by atoms with van der Waals surface area (Å²) in [5.74, 6) is -0.0872. The van der Waals surface area contributed by atoms with Gasteiger partial charge in [-0.25, -0.2) is 18.7 Å². The number of carbonyl (C=O) groups is 1. The second kappa shape index (κ2) is 11.3. The molecule has 0 spiro atoms. The third-order valence-electron chi connectivity index (χ3n) is 6.59. The fourth-order valence-corrected chi connectivity index (χ4v) is 4.66. The highest BCUT2D eigenvalue weighted by molar-refractivity contribution is 6.34. The highest BCUT2D eigenvalue weighted by Crippen LogP contribution is 2.32. The molecule has 198 valence electrons. The van der Waals surface area contributed by atoms with Crippen molar-refractivity contribution in [2.75, 3.05) is 32.1 Å². The summed E-state index contributed by atoms with van der Waals surface area (Å²) >= 11 is 6.53. The van der Waals surface area contributed by atoms with Gasteiger partial charge < -0.3 is 20.4 Å². The Labute approximate surface area is 223 Å². The summed E-state index contributed by atoms with van der Waals surface area (Å²) in [6.45, 7) is 1.92. The first-order valence-electron chi connectivity index (χ1n) is 12.3. The van der Waals surface area contributed by atoms with Gasteiger partial charge in [0.15, 0.2) is 12.3 Å². The van der Waals surface area contributed by atoms with Crippen molar-refractivity contribution in [1.82, 2.24) is 25.2 Å². The van der Waals surface area contributed by atoms with Crippen molar-refractivity contribution in [3.8, 4) is 17.1 Å². The fraction of sp³-hybridized carbons (Fsp3) is 0.296. The number of rotatable bonds is 8. The molecule has 0 atom stereocenters. The van der Waals surface area contributed by atoms with E-state index < -0.39 is 11.6 Å². The zero-order valence-corrected chi connectivity index (χ0v) is 21.5. The van der Waals surface area contributed by atoms with E-state index in [0.29, 0.717) is 45.6 Å². The van der Waals surface area contributed by atoms with Crippen LogP contribution in [-0.2, 0) is 11.3 Å². The zero-order valence-electron chi connectivity index (χ0n) is 20.7. The van der Waals surface area contributed by atoms with E-state index in [-0.39, 0.29) is 18.6 Å². The SMILES string of the molecule is CNC(=O)COc1ccc(-c2nc3c(NC4CCN(Cc5ccc(F)cc5F)CC4)c(Cl)cnc3[nH]2)cc1. The van der Waals surface area contributed by atoms with Gasteiger partial charge in [0.2, 0.25) is 0 Å². The Balaban J connectivity index is 1.25. The average Bonchev–Trinajstić information content (AvgIpc) is 3.36. The number of aromatic nitrogens is 3. The van der Waals surface area contributed by atoms with Gasteiger partial charge in [-0.2, -0.15) is 0 Å². The highest BCUT2D eigenvalue weighted by atomic mass is 35.5. The summed E-state index contributed by atoms with van der Waals surface area (Å²) in [5, 5.41) is 6.53. The molecule has 1 amide bonds. The second-order valence-corrected chi connectivity index (χ2v) is 9.59. The van der Waals surface area contributed by atoms with Gasteiger partial charge in [0.1, 0.15) is 28.7 Å². The van der Waals surface area contributed by atoms with Crippen LogP contribution in [0.15, 0.2) is 48.7 Å². The van der Waals surface area contributed by atoms with Crippen molar-refractivity contribution in [3.05, 3.63) is 70.9 Å². The summed E-state index contributed by atoms with van der Waals surface area (Å²) in [6.07, 6.45) is 3.26. The zero-order chi connectivity index (χ0) is 26.6. The quantitative estimate of drug-likeness (QED) is 0.298. The smallest absolute Gasteiger partial charge is 0.257 e. The molecule has 0 saturated carbocycles. The minimum absolute atomic E-state index is 0.0556.